The summed E-state index contributed by atoms with van der Waals surface area (Å²) in [7, 11) is 3.64. The molecular formula is C7H5BrClFOS. The summed E-state index contributed by atoms with van der Waals surface area (Å²) in [5, 5.41) is 0. The molecule has 0 aliphatic rings. The van der Waals surface area contributed by atoms with E-state index in [1.54, 1.807) is 13.0 Å². The van der Waals surface area contributed by atoms with E-state index in [4.69, 9.17) is 10.7 Å². The highest BCUT2D eigenvalue weighted by atomic mass is 79.9. The summed E-state index contributed by atoms with van der Waals surface area (Å²) in [6.07, 6.45) is 0. The van der Waals surface area contributed by atoms with Crippen molar-refractivity contribution in [1.29, 1.82) is 0 Å². The van der Waals surface area contributed by atoms with Crippen LogP contribution in [0.3, 0.4) is 0 Å². The zero-order chi connectivity index (χ0) is 9.30. The number of aryl methyl sites for hydroxylation is 1. The predicted octanol–water partition coefficient (Wildman–Crippen LogP) is 3.16. The zero-order valence-corrected chi connectivity index (χ0v) is 9.26. The van der Waals surface area contributed by atoms with E-state index in [1.165, 1.54) is 0 Å². The second-order valence-corrected chi connectivity index (χ2v) is 4.81. The molecule has 1 aromatic rings. The van der Waals surface area contributed by atoms with Crippen molar-refractivity contribution in [2.75, 3.05) is 0 Å². The molecule has 0 N–H and O–H groups in total. The van der Waals surface area contributed by atoms with Gasteiger partial charge in [-0.2, -0.15) is 0 Å². The molecule has 0 radical (unpaired) electrons. The van der Waals surface area contributed by atoms with E-state index in [-0.39, 0.29) is 4.90 Å². The Hall–Kier alpha value is 0.0700. The van der Waals surface area contributed by atoms with Gasteiger partial charge in [0.05, 0.1) is 9.37 Å². The van der Waals surface area contributed by atoms with Crippen LogP contribution in [0, 0.1) is 12.7 Å². The average Bonchev–Trinajstić information content (AvgIpc) is 1.99. The minimum Gasteiger partial charge on any atom is -0.237 e. The number of rotatable bonds is 1. The standard InChI is InChI=1S/C7H5BrClFOS/c1-4-2-5(12(9)11)3-6(10)7(4)8/h2-3H,1H3. The minimum atomic E-state index is -1.65. The van der Waals surface area contributed by atoms with E-state index >= 15 is 0 Å². The van der Waals surface area contributed by atoms with Crippen LogP contribution >= 0.6 is 26.6 Å². The zero-order valence-electron chi connectivity index (χ0n) is 6.11. The highest BCUT2D eigenvalue weighted by Crippen LogP contribution is 2.24. The van der Waals surface area contributed by atoms with Crippen molar-refractivity contribution in [3.05, 3.63) is 28.0 Å². The molecule has 66 valence electrons. The Bertz CT molecular complexity index is 319. The van der Waals surface area contributed by atoms with Gasteiger partial charge in [-0.3, -0.25) is 0 Å². The van der Waals surface area contributed by atoms with Crippen molar-refractivity contribution < 1.29 is 8.60 Å². The molecule has 1 aromatic carbocycles. The smallest absolute Gasteiger partial charge is 0.147 e. The van der Waals surface area contributed by atoms with Crippen molar-refractivity contribution in [2.45, 2.75) is 11.8 Å². The van der Waals surface area contributed by atoms with Crippen LogP contribution in [0.25, 0.3) is 0 Å². The molecule has 1 atom stereocenters. The van der Waals surface area contributed by atoms with Crippen LogP contribution in [0.2, 0.25) is 0 Å². The van der Waals surface area contributed by atoms with Gasteiger partial charge in [0, 0.05) is 0 Å². The summed E-state index contributed by atoms with van der Waals surface area (Å²) in [6.45, 7) is 1.71. The molecular weight excluding hydrogens is 266 g/mol. The summed E-state index contributed by atoms with van der Waals surface area (Å²) >= 11 is 3.05. The predicted molar refractivity (Wildman–Crippen MR) is 51.1 cm³/mol. The summed E-state index contributed by atoms with van der Waals surface area (Å²) in [4.78, 5) is 0.287. The van der Waals surface area contributed by atoms with Gasteiger partial charge in [-0.15, -0.1) is 0 Å². The maximum Gasteiger partial charge on any atom is 0.147 e. The lowest BCUT2D eigenvalue weighted by molar-refractivity contribution is 0.614. The Morgan fingerprint density at radius 1 is 1.58 bits per heavy atom. The summed E-state index contributed by atoms with van der Waals surface area (Å²) < 4.78 is 24.1. The minimum absolute atomic E-state index is 0.287. The molecule has 12 heavy (non-hydrogen) atoms. The van der Waals surface area contributed by atoms with Crippen LogP contribution in [0.4, 0.5) is 4.39 Å². The Morgan fingerprint density at radius 3 is 2.58 bits per heavy atom. The third-order valence-corrected chi connectivity index (χ3v) is 3.51. The van der Waals surface area contributed by atoms with Crippen LogP contribution in [0.15, 0.2) is 21.5 Å². The maximum absolute atomic E-state index is 13.0. The molecule has 0 spiro atoms. The fourth-order valence-electron chi connectivity index (χ4n) is 0.788. The van der Waals surface area contributed by atoms with E-state index in [0.717, 1.165) is 6.07 Å². The first-order valence-corrected chi connectivity index (χ1v) is 5.83. The quantitative estimate of drug-likeness (QED) is 0.717. The van der Waals surface area contributed by atoms with Crippen molar-refractivity contribution in [3.8, 4) is 0 Å². The number of hydrogen-bond donors (Lipinski definition) is 0. The van der Waals surface area contributed by atoms with Crippen molar-refractivity contribution in [2.24, 2.45) is 0 Å². The summed E-state index contributed by atoms with van der Waals surface area (Å²) in [6, 6.07) is 2.73. The van der Waals surface area contributed by atoms with Gasteiger partial charge >= 0.3 is 0 Å². The van der Waals surface area contributed by atoms with E-state index in [9.17, 15) is 8.60 Å². The summed E-state index contributed by atoms with van der Waals surface area (Å²) in [5.41, 5.74) is 0.680. The van der Waals surface area contributed by atoms with E-state index in [2.05, 4.69) is 15.9 Å². The van der Waals surface area contributed by atoms with Gasteiger partial charge < -0.3 is 0 Å². The molecule has 0 aliphatic carbocycles. The molecule has 1 rings (SSSR count). The SMILES string of the molecule is Cc1cc(S(=O)Cl)cc(F)c1Br. The molecule has 0 bridgehead atoms. The molecule has 1 nitrogen and oxygen atoms in total. The molecule has 0 aromatic heterocycles. The first kappa shape index (κ1) is 10.2. The van der Waals surface area contributed by atoms with Crippen molar-refractivity contribution >= 4 is 36.6 Å². The van der Waals surface area contributed by atoms with E-state index in [0.29, 0.717) is 10.0 Å². The van der Waals surface area contributed by atoms with Gasteiger partial charge in [-0.25, -0.2) is 8.60 Å². The lowest BCUT2D eigenvalue weighted by Gasteiger charge is -2.01. The lowest BCUT2D eigenvalue weighted by atomic mass is 10.2. The fourth-order valence-corrected chi connectivity index (χ4v) is 1.75. The molecule has 0 heterocycles. The highest BCUT2D eigenvalue weighted by Gasteiger charge is 2.07. The van der Waals surface area contributed by atoms with Gasteiger partial charge in [0.15, 0.2) is 0 Å². The van der Waals surface area contributed by atoms with Gasteiger partial charge in [0.1, 0.15) is 15.8 Å². The van der Waals surface area contributed by atoms with E-state index in [1.807, 2.05) is 0 Å². The Morgan fingerprint density at radius 2 is 2.17 bits per heavy atom. The van der Waals surface area contributed by atoms with Gasteiger partial charge in [-0.1, -0.05) is 0 Å². The monoisotopic (exact) mass is 270 g/mol. The molecule has 0 aliphatic heterocycles. The number of hydrogen-bond acceptors (Lipinski definition) is 1. The molecule has 1 unspecified atom stereocenters. The van der Waals surface area contributed by atoms with Gasteiger partial charge in [0.25, 0.3) is 0 Å². The highest BCUT2D eigenvalue weighted by molar-refractivity contribution is 9.10. The van der Waals surface area contributed by atoms with Gasteiger partial charge in [0.2, 0.25) is 0 Å². The first-order chi connectivity index (χ1) is 5.52. The van der Waals surface area contributed by atoms with Crippen LogP contribution in [-0.4, -0.2) is 4.21 Å². The second-order valence-electron chi connectivity index (χ2n) is 2.26. The topological polar surface area (TPSA) is 17.1 Å². The van der Waals surface area contributed by atoms with Crippen molar-refractivity contribution in [3.63, 3.8) is 0 Å². The third-order valence-electron chi connectivity index (χ3n) is 1.37. The number of halogens is 3. The first-order valence-electron chi connectivity index (χ1n) is 3.06. The molecule has 0 fully saturated rings. The lowest BCUT2D eigenvalue weighted by Crippen LogP contribution is -1.88. The maximum atomic E-state index is 13.0. The Kier molecular flexibility index (Phi) is 3.26. The van der Waals surface area contributed by atoms with Crippen LogP contribution < -0.4 is 0 Å². The Labute approximate surface area is 85.0 Å². The van der Waals surface area contributed by atoms with Crippen molar-refractivity contribution in [1.82, 2.24) is 0 Å². The van der Waals surface area contributed by atoms with Crippen LogP contribution in [-0.2, 0) is 10.0 Å². The van der Waals surface area contributed by atoms with Crippen LogP contribution in [0.5, 0.6) is 0 Å². The Balaban J connectivity index is 3.31. The average molecular weight is 272 g/mol. The fraction of sp³-hybridized carbons (Fsp3) is 0.143. The molecule has 0 saturated carbocycles. The van der Waals surface area contributed by atoms with E-state index < -0.39 is 15.8 Å². The summed E-state index contributed by atoms with van der Waals surface area (Å²) in [5.74, 6) is -0.445. The third kappa shape index (κ3) is 2.06. The largest absolute Gasteiger partial charge is 0.237 e. The number of benzene rings is 1. The van der Waals surface area contributed by atoms with Crippen LogP contribution in [0.1, 0.15) is 5.56 Å². The normalized spacial score (nSPS) is 13.0. The molecule has 0 amide bonds. The van der Waals surface area contributed by atoms with Gasteiger partial charge in [-0.05, 0) is 51.2 Å². The molecule has 5 heteroatoms. The molecule has 0 saturated heterocycles. The second kappa shape index (κ2) is 3.85.